The summed E-state index contributed by atoms with van der Waals surface area (Å²) in [7, 11) is 1.47. The molecule has 0 radical (unpaired) electrons. The SMILES string of the molecule is Cn1nc(C(F)(F)F)c(C2OCCCO2)c1SCCN. The average molecular weight is 311 g/mol. The summed E-state index contributed by atoms with van der Waals surface area (Å²) in [4.78, 5) is 0. The number of hydrogen-bond donors (Lipinski definition) is 1. The number of nitrogens with zero attached hydrogens (tertiary/aromatic N) is 2. The van der Waals surface area contributed by atoms with E-state index in [0.29, 0.717) is 37.0 Å². The predicted molar refractivity (Wildman–Crippen MR) is 67.3 cm³/mol. The van der Waals surface area contributed by atoms with Crippen LogP contribution < -0.4 is 5.73 Å². The van der Waals surface area contributed by atoms with Gasteiger partial charge in [0.2, 0.25) is 0 Å². The number of ether oxygens (including phenoxy) is 2. The zero-order valence-corrected chi connectivity index (χ0v) is 11.8. The van der Waals surface area contributed by atoms with Gasteiger partial charge >= 0.3 is 6.18 Å². The number of alkyl halides is 3. The Bertz CT molecular complexity index is 459. The predicted octanol–water partition coefficient (Wildman–Crippen LogP) is 1.93. The topological polar surface area (TPSA) is 62.3 Å². The number of nitrogens with two attached hydrogens (primary N) is 1. The molecule has 0 aliphatic carbocycles. The molecule has 0 saturated carbocycles. The monoisotopic (exact) mass is 311 g/mol. The van der Waals surface area contributed by atoms with Gasteiger partial charge in [-0.05, 0) is 6.42 Å². The molecule has 1 saturated heterocycles. The van der Waals surface area contributed by atoms with E-state index in [0.717, 1.165) is 0 Å². The third-order valence-electron chi connectivity index (χ3n) is 2.72. The van der Waals surface area contributed by atoms with Gasteiger partial charge in [0, 0.05) is 19.3 Å². The van der Waals surface area contributed by atoms with E-state index in [2.05, 4.69) is 5.10 Å². The van der Waals surface area contributed by atoms with Gasteiger partial charge in [-0.15, -0.1) is 11.8 Å². The van der Waals surface area contributed by atoms with Gasteiger partial charge in [-0.2, -0.15) is 18.3 Å². The molecule has 1 aliphatic rings. The molecule has 0 unspecified atom stereocenters. The average Bonchev–Trinajstić information content (AvgIpc) is 2.74. The van der Waals surface area contributed by atoms with Crippen LogP contribution in [0.15, 0.2) is 5.03 Å². The van der Waals surface area contributed by atoms with Crippen LogP contribution in [0.3, 0.4) is 0 Å². The fraction of sp³-hybridized carbons (Fsp3) is 0.727. The van der Waals surface area contributed by atoms with Crippen LogP contribution in [0.4, 0.5) is 13.2 Å². The minimum Gasteiger partial charge on any atom is -0.348 e. The molecule has 0 spiro atoms. The van der Waals surface area contributed by atoms with E-state index in [1.165, 1.54) is 23.5 Å². The van der Waals surface area contributed by atoms with E-state index < -0.39 is 18.2 Å². The summed E-state index contributed by atoms with van der Waals surface area (Å²) in [6, 6.07) is 0. The minimum absolute atomic E-state index is 0.0434. The van der Waals surface area contributed by atoms with Crippen molar-refractivity contribution in [1.29, 1.82) is 0 Å². The van der Waals surface area contributed by atoms with Gasteiger partial charge in [0.15, 0.2) is 12.0 Å². The van der Waals surface area contributed by atoms with Crippen molar-refractivity contribution in [2.24, 2.45) is 12.8 Å². The highest BCUT2D eigenvalue weighted by Crippen LogP contribution is 2.41. The second-order valence-electron chi connectivity index (χ2n) is 4.25. The molecule has 20 heavy (non-hydrogen) atoms. The lowest BCUT2D eigenvalue weighted by atomic mass is 10.2. The smallest absolute Gasteiger partial charge is 0.348 e. The molecule has 0 aromatic carbocycles. The Morgan fingerprint density at radius 1 is 1.40 bits per heavy atom. The van der Waals surface area contributed by atoms with Crippen LogP contribution in [0.5, 0.6) is 0 Å². The number of aryl methyl sites for hydroxylation is 1. The van der Waals surface area contributed by atoms with E-state index in [4.69, 9.17) is 15.2 Å². The molecular weight excluding hydrogens is 295 g/mol. The second kappa shape index (κ2) is 6.33. The van der Waals surface area contributed by atoms with Crippen molar-refractivity contribution in [3.05, 3.63) is 11.3 Å². The molecule has 2 N–H and O–H groups in total. The first-order chi connectivity index (χ1) is 9.45. The van der Waals surface area contributed by atoms with Crippen molar-refractivity contribution in [3.8, 4) is 0 Å². The maximum atomic E-state index is 13.1. The maximum absolute atomic E-state index is 13.1. The number of aromatic nitrogens is 2. The first-order valence-corrected chi connectivity index (χ1v) is 7.14. The highest BCUT2D eigenvalue weighted by Gasteiger charge is 2.42. The number of halogens is 3. The molecule has 1 aliphatic heterocycles. The molecule has 1 fully saturated rings. The molecule has 114 valence electrons. The zero-order chi connectivity index (χ0) is 14.8. The molecule has 5 nitrogen and oxygen atoms in total. The van der Waals surface area contributed by atoms with Crippen LogP contribution in [0.25, 0.3) is 0 Å². The van der Waals surface area contributed by atoms with Crippen LogP contribution in [-0.4, -0.2) is 35.3 Å². The highest BCUT2D eigenvalue weighted by atomic mass is 32.2. The van der Waals surface area contributed by atoms with Gasteiger partial charge in [-0.3, -0.25) is 4.68 Å². The van der Waals surface area contributed by atoms with E-state index in [9.17, 15) is 13.2 Å². The minimum atomic E-state index is -4.54. The zero-order valence-electron chi connectivity index (χ0n) is 10.9. The molecule has 1 aromatic heterocycles. The molecule has 0 bridgehead atoms. The first kappa shape index (κ1) is 15.6. The second-order valence-corrected chi connectivity index (χ2v) is 5.34. The number of rotatable bonds is 4. The van der Waals surface area contributed by atoms with Gasteiger partial charge in [0.1, 0.15) is 5.03 Å². The van der Waals surface area contributed by atoms with Crippen LogP contribution >= 0.6 is 11.8 Å². The molecule has 2 rings (SSSR count). The Kier molecular flexibility index (Phi) is 4.95. The van der Waals surface area contributed by atoms with E-state index >= 15 is 0 Å². The standard InChI is InChI=1S/C11H16F3N3O2S/c1-17-9(20-6-3-15)7(8(16-17)11(12,13)14)10-18-4-2-5-19-10/h10H,2-6,15H2,1H3. The van der Waals surface area contributed by atoms with E-state index in [1.807, 2.05) is 0 Å². The summed E-state index contributed by atoms with van der Waals surface area (Å²) in [6.45, 7) is 1.11. The van der Waals surface area contributed by atoms with Crippen LogP contribution in [0.2, 0.25) is 0 Å². The quantitative estimate of drug-likeness (QED) is 0.861. The van der Waals surface area contributed by atoms with Crippen molar-refractivity contribution >= 4 is 11.8 Å². The lowest BCUT2D eigenvalue weighted by Gasteiger charge is -2.24. The Morgan fingerprint density at radius 2 is 2.05 bits per heavy atom. The van der Waals surface area contributed by atoms with Crippen LogP contribution in [-0.2, 0) is 22.7 Å². The first-order valence-electron chi connectivity index (χ1n) is 6.15. The largest absolute Gasteiger partial charge is 0.435 e. The number of hydrogen-bond acceptors (Lipinski definition) is 5. The van der Waals surface area contributed by atoms with Gasteiger partial charge in [-0.25, -0.2) is 0 Å². The van der Waals surface area contributed by atoms with Gasteiger partial charge in [-0.1, -0.05) is 0 Å². The van der Waals surface area contributed by atoms with Gasteiger partial charge < -0.3 is 15.2 Å². The lowest BCUT2D eigenvalue weighted by Crippen LogP contribution is -2.21. The Hall–Kier alpha value is -0.770. The van der Waals surface area contributed by atoms with E-state index in [1.54, 1.807) is 0 Å². The molecule has 9 heteroatoms. The summed E-state index contributed by atoms with van der Waals surface area (Å²) >= 11 is 1.22. The summed E-state index contributed by atoms with van der Waals surface area (Å²) < 4.78 is 51.1. The fourth-order valence-electron chi connectivity index (χ4n) is 1.93. The van der Waals surface area contributed by atoms with Crippen molar-refractivity contribution in [2.45, 2.75) is 23.9 Å². The Balaban J connectivity index is 2.41. The maximum Gasteiger partial charge on any atom is 0.435 e. The van der Waals surface area contributed by atoms with Crippen molar-refractivity contribution in [2.75, 3.05) is 25.5 Å². The van der Waals surface area contributed by atoms with Crippen LogP contribution in [0, 0.1) is 0 Å². The normalized spacial score (nSPS) is 17.6. The number of thioether (sulfide) groups is 1. The van der Waals surface area contributed by atoms with Gasteiger partial charge in [0.05, 0.1) is 18.8 Å². The third kappa shape index (κ3) is 3.27. The fourth-order valence-corrected chi connectivity index (χ4v) is 2.82. The highest BCUT2D eigenvalue weighted by molar-refractivity contribution is 7.99. The summed E-state index contributed by atoms with van der Waals surface area (Å²) in [5.74, 6) is 0.497. The van der Waals surface area contributed by atoms with Gasteiger partial charge in [0.25, 0.3) is 0 Å². The van der Waals surface area contributed by atoms with Crippen molar-refractivity contribution in [1.82, 2.24) is 9.78 Å². The summed E-state index contributed by atoms with van der Waals surface area (Å²) in [5.41, 5.74) is 4.42. The molecule has 1 aromatic rings. The molecule has 2 heterocycles. The van der Waals surface area contributed by atoms with Crippen molar-refractivity contribution in [3.63, 3.8) is 0 Å². The Labute approximate surface area is 118 Å². The van der Waals surface area contributed by atoms with E-state index in [-0.39, 0.29) is 5.56 Å². The molecular formula is C11H16F3N3O2S. The lowest BCUT2D eigenvalue weighted by molar-refractivity contribution is -0.191. The van der Waals surface area contributed by atoms with Crippen LogP contribution in [0.1, 0.15) is 24.0 Å². The Morgan fingerprint density at radius 3 is 2.60 bits per heavy atom. The molecule has 0 atom stereocenters. The summed E-state index contributed by atoms with van der Waals surface area (Å²) in [5, 5.41) is 3.96. The van der Waals surface area contributed by atoms with Crippen molar-refractivity contribution < 1.29 is 22.6 Å². The third-order valence-corrected chi connectivity index (χ3v) is 3.91. The summed E-state index contributed by atoms with van der Waals surface area (Å²) in [6.07, 6.45) is -4.89. The molecule has 0 amide bonds.